The van der Waals surface area contributed by atoms with E-state index < -0.39 is 35.2 Å². The number of nitrogens with one attached hydrogen (secondary N) is 2. The van der Waals surface area contributed by atoms with E-state index in [0.29, 0.717) is 99.0 Å². The van der Waals surface area contributed by atoms with Crippen LogP contribution in [0.1, 0.15) is 66.1 Å². The van der Waals surface area contributed by atoms with Crippen molar-refractivity contribution in [3.8, 4) is 5.69 Å². The number of likely N-dealkylation sites (tertiary alicyclic amines) is 2. The van der Waals surface area contributed by atoms with Crippen molar-refractivity contribution in [2.24, 2.45) is 18.7 Å². The Morgan fingerprint density at radius 3 is 2.21 bits per heavy atom. The maximum atomic E-state index is 15.8. The van der Waals surface area contributed by atoms with Crippen molar-refractivity contribution in [2.45, 2.75) is 57.0 Å². The quantitative estimate of drug-likeness (QED) is 0.0892. The van der Waals surface area contributed by atoms with Crippen molar-refractivity contribution in [1.82, 2.24) is 28.8 Å². The number of fused-ring (bicyclic) bond motifs is 1. The average molecular weight is 913 g/mol. The molecular formula is C48H56F4N10O4. The molecule has 2 aromatic carbocycles. The fraction of sp³-hybridized carbons (Fsp3) is 0.438. The third-order valence-corrected chi connectivity index (χ3v) is 13.6. The van der Waals surface area contributed by atoms with E-state index in [0.717, 1.165) is 38.2 Å². The molecule has 3 aromatic heterocycles. The molecule has 6 heterocycles. The zero-order chi connectivity index (χ0) is 46.6. The van der Waals surface area contributed by atoms with Crippen molar-refractivity contribution in [3.63, 3.8) is 0 Å². The molecule has 0 aliphatic carbocycles. The molecule has 3 aliphatic rings. The number of nitrogens with two attached hydrogens (primary N) is 1. The van der Waals surface area contributed by atoms with Crippen LogP contribution in [0.25, 0.3) is 16.7 Å². The molecule has 3 fully saturated rings. The maximum absolute atomic E-state index is 15.8. The highest BCUT2D eigenvalue weighted by atomic mass is 19.1. The minimum absolute atomic E-state index is 0.00844. The predicted molar refractivity (Wildman–Crippen MR) is 245 cm³/mol. The van der Waals surface area contributed by atoms with Crippen LogP contribution in [-0.2, 0) is 23.2 Å². The Morgan fingerprint density at radius 2 is 1.56 bits per heavy atom. The molecule has 1 unspecified atom stereocenters. The van der Waals surface area contributed by atoms with E-state index >= 15 is 13.2 Å². The number of anilines is 3. The van der Waals surface area contributed by atoms with Gasteiger partial charge in [-0.25, -0.2) is 22.5 Å². The summed E-state index contributed by atoms with van der Waals surface area (Å²) in [6.45, 7) is 6.26. The highest BCUT2D eigenvalue weighted by Crippen LogP contribution is 2.35. The maximum Gasteiger partial charge on any atom is 0.257 e. The Morgan fingerprint density at radius 1 is 0.848 bits per heavy atom. The zero-order valence-corrected chi connectivity index (χ0v) is 37.2. The molecule has 0 saturated carbocycles. The Balaban J connectivity index is 0.806. The topological polar surface area (TPSA) is 154 Å². The smallest absolute Gasteiger partial charge is 0.257 e. The van der Waals surface area contributed by atoms with Gasteiger partial charge in [0.15, 0.2) is 5.82 Å². The second kappa shape index (κ2) is 20.1. The number of piperazine rings is 1. The number of carbonyl (C=O) groups is 3. The lowest BCUT2D eigenvalue weighted by atomic mass is 9.87. The van der Waals surface area contributed by atoms with Crippen LogP contribution in [0.5, 0.6) is 0 Å². The van der Waals surface area contributed by atoms with Crippen LogP contribution in [0.4, 0.5) is 34.6 Å². The summed E-state index contributed by atoms with van der Waals surface area (Å²) >= 11 is 0. The van der Waals surface area contributed by atoms with Crippen LogP contribution in [-0.4, -0.2) is 119 Å². The molecule has 8 rings (SSSR count). The van der Waals surface area contributed by atoms with Gasteiger partial charge in [0, 0.05) is 113 Å². The lowest BCUT2D eigenvalue weighted by molar-refractivity contribution is -0.119. The van der Waals surface area contributed by atoms with Crippen LogP contribution in [0.2, 0.25) is 0 Å². The number of primary amides is 1. The molecule has 18 heteroatoms. The molecule has 1 atom stereocenters. The Labute approximate surface area is 380 Å². The molecule has 3 aliphatic heterocycles. The SMILES string of the molecule is CNc1cc(=O)n(-c2ccnc3c2cc(CN2CCC(c4c(F)cc(C(=O)N5CCC(CN6CCN(c7ccc(NC(CCC=O)C(N)=O)cc7F)CC6)CC5)cc4F)CC2)n3C)cc1F. The monoisotopic (exact) mass is 912 g/mol. The molecule has 5 aromatic rings. The van der Waals surface area contributed by atoms with Crippen LogP contribution in [0.15, 0.2) is 65.7 Å². The summed E-state index contributed by atoms with van der Waals surface area (Å²) < 4.78 is 64.7. The van der Waals surface area contributed by atoms with Crippen molar-refractivity contribution < 1.29 is 31.9 Å². The van der Waals surface area contributed by atoms with Crippen molar-refractivity contribution in [2.75, 3.05) is 81.5 Å². The van der Waals surface area contributed by atoms with Gasteiger partial charge in [0.2, 0.25) is 5.91 Å². The molecule has 0 bridgehead atoms. The first-order valence-corrected chi connectivity index (χ1v) is 22.6. The third-order valence-electron chi connectivity index (χ3n) is 13.6. The van der Waals surface area contributed by atoms with Gasteiger partial charge >= 0.3 is 0 Å². The lowest BCUT2D eigenvalue weighted by Crippen LogP contribution is -2.49. The van der Waals surface area contributed by atoms with Gasteiger partial charge < -0.3 is 35.5 Å². The molecule has 0 radical (unpaired) electrons. The first-order valence-electron chi connectivity index (χ1n) is 22.6. The number of halogens is 4. The fourth-order valence-corrected chi connectivity index (χ4v) is 9.83. The highest BCUT2D eigenvalue weighted by molar-refractivity contribution is 5.94. The summed E-state index contributed by atoms with van der Waals surface area (Å²) in [6, 6.07) is 11.1. The van der Waals surface area contributed by atoms with E-state index in [1.165, 1.54) is 35.0 Å². The van der Waals surface area contributed by atoms with Crippen molar-refractivity contribution >= 4 is 46.2 Å². The minimum atomic E-state index is -0.778. The second-order valence-electron chi connectivity index (χ2n) is 17.7. The first-order chi connectivity index (χ1) is 31.8. The van der Waals surface area contributed by atoms with Gasteiger partial charge in [-0.05, 0) is 99.5 Å². The average Bonchev–Trinajstić information content (AvgIpc) is 3.63. The Kier molecular flexibility index (Phi) is 14.1. The molecular weight excluding hydrogens is 857 g/mol. The molecule has 350 valence electrons. The van der Waals surface area contributed by atoms with Gasteiger partial charge in [-0.15, -0.1) is 0 Å². The molecule has 0 spiro atoms. The second-order valence-corrected chi connectivity index (χ2v) is 17.7. The normalized spacial score (nSPS) is 17.3. The first kappa shape index (κ1) is 46.3. The van der Waals surface area contributed by atoms with Gasteiger partial charge in [0.05, 0.1) is 23.3 Å². The number of rotatable bonds is 15. The summed E-state index contributed by atoms with van der Waals surface area (Å²) in [5, 5.41) is 6.30. The number of pyridine rings is 2. The summed E-state index contributed by atoms with van der Waals surface area (Å²) in [6.07, 6.45) is 6.41. The molecule has 3 saturated heterocycles. The van der Waals surface area contributed by atoms with Crippen molar-refractivity contribution in [3.05, 3.63) is 111 Å². The number of nitrogens with zero attached hydrogens (tertiary/aromatic N) is 7. The number of hydrogen-bond donors (Lipinski definition) is 3. The van der Waals surface area contributed by atoms with Crippen LogP contribution < -0.4 is 26.8 Å². The van der Waals surface area contributed by atoms with E-state index in [9.17, 15) is 23.6 Å². The van der Waals surface area contributed by atoms with E-state index in [2.05, 4.69) is 25.4 Å². The van der Waals surface area contributed by atoms with Crippen LogP contribution in [0, 0.1) is 29.2 Å². The van der Waals surface area contributed by atoms with Gasteiger partial charge in [-0.3, -0.25) is 28.8 Å². The number of aromatic nitrogens is 3. The molecule has 66 heavy (non-hydrogen) atoms. The molecule has 2 amide bonds. The number of benzene rings is 2. The van der Waals surface area contributed by atoms with E-state index in [4.69, 9.17) is 5.73 Å². The lowest BCUT2D eigenvalue weighted by Gasteiger charge is -2.39. The number of amides is 2. The van der Waals surface area contributed by atoms with Crippen LogP contribution >= 0.6 is 0 Å². The Hall–Kier alpha value is -6.27. The number of aryl methyl sites for hydroxylation is 1. The minimum Gasteiger partial charge on any atom is -0.386 e. The van der Waals surface area contributed by atoms with Gasteiger partial charge in [0.1, 0.15) is 35.4 Å². The summed E-state index contributed by atoms with van der Waals surface area (Å²) in [5.74, 6) is -3.39. The third kappa shape index (κ3) is 9.94. The fourth-order valence-electron chi connectivity index (χ4n) is 9.83. The van der Waals surface area contributed by atoms with E-state index in [1.54, 1.807) is 36.3 Å². The Bertz CT molecular complexity index is 2630. The van der Waals surface area contributed by atoms with Gasteiger partial charge in [0.25, 0.3) is 11.5 Å². The number of piperidine rings is 2. The number of hydrogen-bond acceptors (Lipinski definition) is 10. The number of aldehydes is 1. The van der Waals surface area contributed by atoms with E-state index in [1.807, 2.05) is 22.6 Å². The predicted octanol–water partition coefficient (Wildman–Crippen LogP) is 5.62. The van der Waals surface area contributed by atoms with E-state index in [-0.39, 0.29) is 47.0 Å². The largest absolute Gasteiger partial charge is 0.386 e. The molecule has 14 nitrogen and oxygen atoms in total. The number of carbonyl (C=O) groups excluding carboxylic acids is 3. The summed E-state index contributed by atoms with van der Waals surface area (Å²) in [7, 11) is 3.43. The van der Waals surface area contributed by atoms with Crippen LogP contribution in [0.3, 0.4) is 0 Å². The van der Waals surface area contributed by atoms with Crippen molar-refractivity contribution in [1.29, 1.82) is 0 Å². The summed E-state index contributed by atoms with van der Waals surface area (Å²) in [5.41, 5.74) is 8.14. The standard InChI is InChI=1S/C48H56F4N10O4/c1-54-41-26-44(64)62(29-39(41)52)42-7-12-55-47-35(42)25-34(57(47)2)28-58-13-10-31(11-14-58)45-37(50)22-32(23-38(45)51)48(66)61-15-8-30(9-16-61)27-59-17-19-60(20-18-59)43-6-5-33(24-36(43)49)56-40(46(53)65)4-3-21-63/h5-7,12,21-26,29-31,40,54,56H,3-4,8-11,13-20,27-28H2,1-2H3,(H2,53,65). The molecule has 4 N–H and O–H groups in total. The summed E-state index contributed by atoms with van der Waals surface area (Å²) in [4.78, 5) is 61.7. The zero-order valence-electron chi connectivity index (χ0n) is 37.2. The van der Waals surface area contributed by atoms with Gasteiger partial charge in [-0.1, -0.05) is 0 Å². The highest BCUT2D eigenvalue weighted by Gasteiger charge is 2.31. The van der Waals surface area contributed by atoms with Gasteiger partial charge in [-0.2, -0.15) is 0 Å².